The van der Waals surface area contributed by atoms with Crippen molar-refractivity contribution < 1.29 is 22.8 Å². The normalized spacial score (nSPS) is 11.6. The number of hydrogen-bond donors (Lipinski definition) is 0. The second-order valence-corrected chi connectivity index (χ2v) is 7.66. The molecule has 0 aliphatic rings. The van der Waals surface area contributed by atoms with Gasteiger partial charge in [-0.15, -0.1) is 0 Å². The maximum absolute atomic E-state index is 12.9. The lowest BCUT2D eigenvalue weighted by molar-refractivity contribution is -0.385. The van der Waals surface area contributed by atoms with Crippen molar-refractivity contribution in [2.24, 2.45) is 4.99 Å². The molecule has 30 heavy (non-hydrogen) atoms. The number of aliphatic imine (C=N–C) groups is 1. The summed E-state index contributed by atoms with van der Waals surface area (Å²) >= 11 is 6.65. The molecule has 3 aromatic carbocycles. The van der Waals surface area contributed by atoms with Crippen LogP contribution in [0.2, 0.25) is 0 Å². The molecule has 0 amide bonds. The predicted octanol–water partition coefficient (Wildman–Crippen LogP) is 7.68. The van der Waals surface area contributed by atoms with E-state index in [0.717, 1.165) is 17.8 Å². The first-order valence-electron chi connectivity index (χ1n) is 8.27. The van der Waals surface area contributed by atoms with Gasteiger partial charge in [0.25, 0.3) is 0 Å². The third-order valence-corrected chi connectivity index (χ3v) is 5.01. The van der Waals surface area contributed by atoms with E-state index in [1.807, 2.05) is 30.3 Å². The molecule has 0 N–H and O–H groups in total. The molecule has 0 bridgehead atoms. The quantitative estimate of drug-likeness (QED) is 0.188. The molecule has 5 nitrogen and oxygen atoms in total. The molecule has 0 aliphatic heterocycles. The Morgan fingerprint density at radius 2 is 1.63 bits per heavy atom. The molecule has 0 spiro atoms. The number of nitrogens with zero attached hydrogens (tertiary/aromatic N) is 2. The van der Waals surface area contributed by atoms with Gasteiger partial charge in [-0.25, -0.2) is 0 Å². The number of halogens is 5. The fraction of sp³-hybridized carbons (Fsp3) is 0.0500. The maximum atomic E-state index is 12.9. The van der Waals surface area contributed by atoms with E-state index in [2.05, 4.69) is 36.9 Å². The zero-order valence-electron chi connectivity index (χ0n) is 14.9. The Morgan fingerprint density at radius 3 is 2.20 bits per heavy atom. The number of nitro groups is 1. The Hall–Kier alpha value is -2.72. The number of ether oxygens (including phenoxy) is 1. The number of benzene rings is 3. The van der Waals surface area contributed by atoms with Crippen LogP contribution in [0.5, 0.6) is 11.5 Å². The Balaban J connectivity index is 1.92. The van der Waals surface area contributed by atoms with Crippen LogP contribution in [0.4, 0.5) is 24.5 Å². The number of para-hydroxylation sites is 1. The van der Waals surface area contributed by atoms with Gasteiger partial charge in [-0.1, -0.05) is 18.2 Å². The maximum Gasteiger partial charge on any atom is 0.416 e. The van der Waals surface area contributed by atoms with Gasteiger partial charge < -0.3 is 4.74 Å². The predicted molar refractivity (Wildman–Crippen MR) is 114 cm³/mol. The van der Waals surface area contributed by atoms with Crippen LogP contribution in [-0.2, 0) is 6.18 Å². The topological polar surface area (TPSA) is 64.7 Å². The van der Waals surface area contributed by atoms with Crippen molar-refractivity contribution in [3.8, 4) is 11.5 Å². The van der Waals surface area contributed by atoms with Gasteiger partial charge >= 0.3 is 11.9 Å². The van der Waals surface area contributed by atoms with Crippen molar-refractivity contribution in [2.45, 2.75) is 6.18 Å². The molecule has 0 saturated heterocycles. The molecule has 0 atom stereocenters. The summed E-state index contributed by atoms with van der Waals surface area (Å²) in [6, 6.07) is 14.7. The third kappa shape index (κ3) is 5.25. The lowest BCUT2D eigenvalue weighted by atomic mass is 10.2. The highest BCUT2D eigenvalue weighted by Gasteiger charge is 2.33. The minimum Gasteiger partial charge on any atom is -0.448 e. The minimum atomic E-state index is -4.70. The van der Waals surface area contributed by atoms with Crippen LogP contribution < -0.4 is 4.74 Å². The molecular weight excluding hydrogens is 533 g/mol. The lowest BCUT2D eigenvalue weighted by Crippen LogP contribution is -2.06. The second-order valence-electron chi connectivity index (χ2n) is 5.95. The smallest absolute Gasteiger partial charge is 0.416 e. The summed E-state index contributed by atoms with van der Waals surface area (Å²) in [5.41, 5.74) is -0.470. The van der Waals surface area contributed by atoms with Gasteiger partial charge in [0.05, 0.1) is 25.1 Å². The van der Waals surface area contributed by atoms with E-state index in [1.54, 1.807) is 18.3 Å². The van der Waals surface area contributed by atoms with Crippen LogP contribution >= 0.6 is 31.9 Å². The first kappa shape index (κ1) is 22.0. The number of rotatable bonds is 5. The first-order valence-corrected chi connectivity index (χ1v) is 9.85. The Bertz CT molecular complexity index is 1100. The van der Waals surface area contributed by atoms with Crippen LogP contribution in [0, 0.1) is 10.1 Å². The number of alkyl halides is 3. The first-order chi connectivity index (χ1) is 14.1. The van der Waals surface area contributed by atoms with Crippen LogP contribution in [0.25, 0.3) is 0 Å². The van der Waals surface area contributed by atoms with Crippen molar-refractivity contribution in [1.29, 1.82) is 0 Å². The molecule has 0 aliphatic carbocycles. The average molecular weight is 544 g/mol. The van der Waals surface area contributed by atoms with Gasteiger partial charge in [0.15, 0.2) is 5.75 Å². The summed E-state index contributed by atoms with van der Waals surface area (Å²) in [5, 5.41) is 11.3. The van der Waals surface area contributed by atoms with Gasteiger partial charge in [-0.05, 0) is 73.8 Å². The van der Waals surface area contributed by atoms with Crippen LogP contribution in [0.3, 0.4) is 0 Å². The molecule has 0 unspecified atom stereocenters. The summed E-state index contributed by atoms with van der Waals surface area (Å²) in [5.74, 6) is -0.144. The van der Waals surface area contributed by atoms with E-state index in [0.29, 0.717) is 20.6 Å². The second kappa shape index (κ2) is 8.97. The van der Waals surface area contributed by atoms with Gasteiger partial charge in [0.1, 0.15) is 0 Å². The SMILES string of the molecule is O=[N+]([O-])c1cc(C(F)(F)F)ccc1Oc1c(Br)cc(C=Nc2ccccc2)cc1Br. The highest BCUT2D eigenvalue weighted by molar-refractivity contribution is 9.11. The van der Waals surface area contributed by atoms with Crippen molar-refractivity contribution in [3.63, 3.8) is 0 Å². The monoisotopic (exact) mass is 542 g/mol. The van der Waals surface area contributed by atoms with Crippen molar-refractivity contribution >= 4 is 49.4 Å². The summed E-state index contributed by atoms with van der Waals surface area (Å²) < 4.78 is 45.0. The molecular formula is C20H11Br2F3N2O3. The molecule has 0 saturated carbocycles. The van der Waals surface area contributed by atoms with E-state index >= 15 is 0 Å². The van der Waals surface area contributed by atoms with Gasteiger partial charge in [-0.3, -0.25) is 15.1 Å². The Labute approximate surface area is 185 Å². The van der Waals surface area contributed by atoms with Crippen LogP contribution in [-0.4, -0.2) is 11.1 Å². The van der Waals surface area contributed by atoms with Crippen LogP contribution in [0.15, 0.2) is 74.6 Å². The molecule has 0 fully saturated rings. The largest absolute Gasteiger partial charge is 0.448 e. The van der Waals surface area contributed by atoms with Crippen molar-refractivity contribution in [2.75, 3.05) is 0 Å². The standard InChI is InChI=1S/C20H11Br2F3N2O3/c21-15-8-12(11-26-14-4-2-1-3-5-14)9-16(22)19(15)30-18-7-6-13(20(23,24)25)10-17(18)27(28)29/h1-11H. The summed E-state index contributed by atoms with van der Waals surface area (Å²) in [6.45, 7) is 0. The molecule has 0 heterocycles. The van der Waals surface area contributed by atoms with Gasteiger partial charge in [-0.2, -0.15) is 13.2 Å². The lowest BCUT2D eigenvalue weighted by Gasteiger charge is -2.13. The van der Waals surface area contributed by atoms with Gasteiger partial charge in [0.2, 0.25) is 5.75 Å². The highest BCUT2D eigenvalue weighted by Crippen LogP contribution is 2.42. The van der Waals surface area contributed by atoms with E-state index in [-0.39, 0.29) is 11.5 Å². The highest BCUT2D eigenvalue weighted by atomic mass is 79.9. The molecule has 3 rings (SSSR count). The third-order valence-electron chi connectivity index (χ3n) is 3.83. The molecule has 0 aromatic heterocycles. The molecule has 10 heteroatoms. The number of hydrogen-bond acceptors (Lipinski definition) is 4. The molecule has 0 radical (unpaired) electrons. The fourth-order valence-corrected chi connectivity index (χ4v) is 3.83. The Kier molecular flexibility index (Phi) is 6.57. The zero-order chi connectivity index (χ0) is 21.9. The minimum absolute atomic E-state index is 0.176. The fourth-order valence-electron chi connectivity index (χ4n) is 2.45. The van der Waals surface area contributed by atoms with E-state index < -0.39 is 22.4 Å². The average Bonchev–Trinajstić information content (AvgIpc) is 2.69. The number of nitro benzene ring substituents is 1. The Morgan fingerprint density at radius 1 is 1.00 bits per heavy atom. The zero-order valence-corrected chi connectivity index (χ0v) is 18.0. The van der Waals surface area contributed by atoms with E-state index in [9.17, 15) is 23.3 Å². The summed E-state index contributed by atoms with van der Waals surface area (Å²) in [6.07, 6.45) is -3.08. The van der Waals surface area contributed by atoms with Gasteiger partial charge in [0, 0.05) is 12.3 Å². The van der Waals surface area contributed by atoms with Crippen molar-refractivity contribution in [1.82, 2.24) is 0 Å². The van der Waals surface area contributed by atoms with E-state index in [1.165, 1.54) is 0 Å². The molecule has 154 valence electrons. The molecule has 3 aromatic rings. The summed E-state index contributed by atoms with van der Waals surface area (Å²) in [7, 11) is 0. The van der Waals surface area contributed by atoms with Crippen LogP contribution in [0.1, 0.15) is 11.1 Å². The van der Waals surface area contributed by atoms with E-state index in [4.69, 9.17) is 4.74 Å². The van der Waals surface area contributed by atoms with Crippen molar-refractivity contribution in [3.05, 3.63) is 90.9 Å². The summed E-state index contributed by atoms with van der Waals surface area (Å²) in [4.78, 5) is 14.7.